The third-order valence-electron chi connectivity index (χ3n) is 7.53. The van der Waals surface area contributed by atoms with Crippen molar-refractivity contribution in [3.05, 3.63) is 34.2 Å². The predicted octanol–water partition coefficient (Wildman–Crippen LogP) is 5.20. The zero-order chi connectivity index (χ0) is 26.1. The number of amides is 1. The quantitative estimate of drug-likeness (QED) is 0.318. The zero-order valence-electron chi connectivity index (χ0n) is 20.3. The highest BCUT2D eigenvalue weighted by Gasteiger charge is 2.30. The Labute approximate surface area is 224 Å². The molecule has 2 aliphatic carbocycles. The minimum Gasteiger partial charge on any atom is -0.393 e. The maximum atomic E-state index is 13.8. The maximum absolute atomic E-state index is 13.8. The fourth-order valence-electron chi connectivity index (χ4n) is 5.45. The second kappa shape index (κ2) is 11.0. The number of hydrogen-bond acceptors (Lipinski definition) is 7. The van der Waals surface area contributed by atoms with E-state index >= 15 is 0 Å². The molecule has 198 valence electrons. The molecule has 1 aromatic carbocycles. The van der Waals surface area contributed by atoms with E-state index in [9.17, 15) is 14.3 Å². The lowest BCUT2D eigenvalue weighted by Gasteiger charge is -2.29. The molecular formula is C25H30Cl2FN7O2. The van der Waals surface area contributed by atoms with Crippen molar-refractivity contribution in [1.82, 2.24) is 19.5 Å². The highest BCUT2D eigenvalue weighted by molar-refractivity contribution is 6.39. The summed E-state index contributed by atoms with van der Waals surface area (Å²) in [5, 5.41) is 17.0. The first-order valence-electron chi connectivity index (χ1n) is 12.7. The van der Waals surface area contributed by atoms with Crippen LogP contribution in [0.3, 0.4) is 0 Å². The lowest BCUT2D eigenvalue weighted by Crippen LogP contribution is -2.30. The Balaban J connectivity index is 1.48. The van der Waals surface area contributed by atoms with E-state index in [0.29, 0.717) is 61.0 Å². The number of nitrogens with one attached hydrogen (secondary N) is 2. The number of halogens is 3. The van der Waals surface area contributed by atoms with E-state index in [1.165, 1.54) is 12.1 Å². The number of benzene rings is 1. The Bertz CT molecular complexity index is 1270. The van der Waals surface area contributed by atoms with Gasteiger partial charge >= 0.3 is 0 Å². The maximum Gasteiger partial charge on any atom is 0.224 e. The first-order valence-corrected chi connectivity index (χ1v) is 13.4. The Morgan fingerprint density at radius 1 is 1.11 bits per heavy atom. The number of aliphatic hydroxyl groups is 1. The second-order valence-corrected chi connectivity index (χ2v) is 10.8. The van der Waals surface area contributed by atoms with E-state index in [4.69, 9.17) is 38.9 Å². The fourth-order valence-corrected chi connectivity index (χ4v) is 6.01. The van der Waals surface area contributed by atoms with Crippen LogP contribution in [0.15, 0.2) is 18.3 Å². The minimum absolute atomic E-state index is 0.0102. The van der Waals surface area contributed by atoms with Crippen molar-refractivity contribution in [2.45, 2.75) is 63.5 Å². The van der Waals surface area contributed by atoms with Gasteiger partial charge in [-0.3, -0.25) is 9.36 Å². The number of rotatable bonds is 7. The summed E-state index contributed by atoms with van der Waals surface area (Å²) in [6.45, 7) is 0.580. The Morgan fingerprint density at radius 3 is 2.49 bits per heavy atom. The number of anilines is 3. The lowest BCUT2D eigenvalue weighted by atomic mass is 9.85. The van der Waals surface area contributed by atoms with Crippen LogP contribution in [0.25, 0.3) is 11.2 Å². The van der Waals surface area contributed by atoms with Gasteiger partial charge in [0.1, 0.15) is 11.3 Å². The van der Waals surface area contributed by atoms with Crippen LogP contribution in [0.1, 0.15) is 57.4 Å². The second-order valence-electron chi connectivity index (χ2n) is 9.98. The van der Waals surface area contributed by atoms with E-state index in [1.807, 2.05) is 4.57 Å². The normalized spacial score (nSPS) is 24.2. The van der Waals surface area contributed by atoms with Crippen molar-refractivity contribution < 1.29 is 14.3 Å². The van der Waals surface area contributed by atoms with E-state index in [-0.39, 0.29) is 39.9 Å². The largest absolute Gasteiger partial charge is 0.393 e. The Kier molecular flexibility index (Phi) is 7.69. The molecule has 2 aliphatic rings. The summed E-state index contributed by atoms with van der Waals surface area (Å²) in [6, 6.07) is 2.36. The standard InChI is InChI=1S/C25H30Cl2FN7O2/c26-17-9-15(28)10-18(27)21(17)33-25-32-19-12-31-24(30-11-14-3-1-2-4-20(14)36)34-23(19)35(25)16-7-5-13(6-8-16)22(29)37/h9-10,12-14,16,20,36H,1-8,11H2,(H2,29,37)(H,32,33)(H,30,31,34)/t13?,14-,16?,20-/m0/s1. The molecule has 5 N–H and O–H groups in total. The highest BCUT2D eigenvalue weighted by Crippen LogP contribution is 2.39. The summed E-state index contributed by atoms with van der Waals surface area (Å²) in [7, 11) is 0. The molecule has 1 amide bonds. The van der Waals surface area contributed by atoms with E-state index in [0.717, 1.165) is 25.7 Å². The zero-order valence-corrected chi connectivity index (χ0v) is 21.8. The Hall–Kier alpha value is -2.69. The van der Waals surface area contributed by atoms with Gasteiger partial charge in [-0.2, -0.15) is 4.98 Å². The molecule has 2 heterocycles. The topological polar surface area (TPSA) is 131 Å². The smallest absolute Gasteiger partial charge is 0.224 e. The number of imidazole rings is 1. The number of fused-ring (bicyclic) bond motifs is 1. The summed E-state index contributed by atoms with van der Waals surface area (Å²) in [6.07, 6.45) is 7.99. The van der Waals surface area contributed by atoms with Gasteiger partial charge in [-0.1, -0.05) is 36.0 Å². The van der Waals surface area contributed by atoms with Crippen LogP contribution in [0.2, 0.25) is 10.0 Å². The lowest BCUT2D eigenvalue weighted by molar-refractivity contribution is -0.122. The van der Waals surface area contributed by atoms with Gasteiger partial charge < -0.3 is 21.5 Å². The van der Waals surface area contributed by atoms with Gasteiger partial charge in [-0.05, 0) is 50.7 Å². The van der Waals surface area contributed by atoms with Crippen LogP contribution < -0.4 is 16.4 Å². The molecule has 2 fully saturated rings. The molecule has 37 heavy (non-hydrogen) atoms. The fraction of sp³-hybridized carbons (Fsp3) is 0.520. The van der Waals surface area contributed by atoms with Crippen LogP contribution in [0.5, 0.6) is 0 Å². The summed E-state index contributed by atoms with van der Waals surface area (Å²) in [4.78, 5) is 25.6. The van der Waals surface area contributed by atoms with E-state index < -0.39 is 5.82 Å². The molecule has 3 aromatic rings. The average Bonchev–Trinajstić information content (AvgIpc) is 3.23. The molecule has 0 spiro atoms. The molecule has 9 nitrogen and oxygen atoms in total. The molecule has 0 aliphatic heterocycles. The van der Waals surface area contributed by atoms with Crippen molar-refractivity contribution in [3.63, 3.8) is 0 Å². The van der Waals surface area contributed by atoms with Crippen LogP contribution in [-0.4, -0.2) is 43.2 Å². The first kappa shape index (κ1) is 25.9. The Morgan fingerprint density at radius 2 is 1.81 bits per heavy atom. The molecule has 2 atom stereocenters. The molecule has 2 aromatic heterocycles. The van der Waals surface area contributed by atoms with Gasteiger partial charge in [0.05, 0.1) is 28.0 Å². The molecule has 2 saturated carbocycles. The average molecular weight is 550 g/mol. The SMILES string of the molecule is NC(=O)C1CCC(n2c(Nc3c(Cl)cc(F)cc3Cl)nc3cnc(NC[C@@H]4CCCC[C@@H]4O)nc32)CC1. The van der Waals surface area contributed by atoms with Crippen LogP contribution >= 0.6 is 23.2 Å². The van der Waals surface area contributed by atoms with Crippen LogP contribution in [-0.2, 0) is 4.79 Å². The number of nitrogens with two attached hydrogens (primary N) is 1. The van der Waals surface area contributed by atoms with Crippen LogP contribution in [0.4, 0.5) is 22.0 Å². The highest BCUT2D eigenvalue weighted by atomic mass is 35.5. The third kappa shape index (κ3) is 5.61. The van der Waals surface area contributed by atoms with Crippen molar-refractivity contribution >= 4 is 57.9 Å². The minimum atomic E-state index is -0.538. The van der Waals surface area contributed by atoms with Gasteiger partial charge in [0.15, 0.2) is 5.65 Å². The number of carbonyl (C=O) groups excluding carboxylic acids is 1. The summed E-state index contributed by atoms with van der Waals surface area (Å²) in [5.41, 5.74) is 7.06. The molecule has 0 saturated heterocycles. The third-order valence-corrected chi connectivity index (χ3v) is 8.13. The number of aromatic nitrogens is 4. The van der Waals surface area contributed by atoms with Gasteiger partial charge in [0.2, 0.25) is 17.8 Å². The van der Waals surface area contributed by atoms with Gasteiger partial charge in [-0.25, -0.2) is 14.4 Å². The van der Waals surface area contributed by atoms with Gasteiger partial charge in [0.25, 0.3) is 0 Å². The molecule has 0 radical (unpaired) electrons. The summed E-state index contributed by atoms with van der Waals surface area (Å²) < 4.78 is 15.7. The first-order chi connectivity index (χ1) is 17.8. The molecule has 0 unspecified atom stereocenters. The van der Waals surface area contributed by atoms with E-state index in [2.05, 4.69) is 15.6 Å². The monoisotopic (exact) mass is 549 g/mol. The number of primary amides is 1. The molecule has 0 bridgehead atoms. The number of carbonyl (C=O) groups is 1. The van der Waals surface area contributed by atoms with Gasteiger partial charge in [-0.15, -0.1) is 0 Å². The number of nitrogens with zero attached hydrogens (tertiary/aromatic N) is 4. The van der Waals surface area contributed by atoms with E-state index in [1.54, 1.807) is 6.20 Å². The number of hydrogen-bond donors (Lipinski definition) is 4. The molecule has 5 rings (SSSR count). The summed E-state index contributed by atoms with van der Waals surface area (Å²) in [5.74, 6) is 0.0716. The summed E-state index contributed by atoms with van der Waals surface area (Å²) >= 11 is 12.6. The van der Waals surface area contributed by atoms with Crippen LogP contribution in [0, 0.1) is 17.7 Å². The molecular weight excluding hydrogens is 520 g/mol. The molecule has 12 heteroatoms. The van der Waals surface area contributed by atoms with Crippen molar-refractivity contribution in [2.75, 3.05) is 17.2 Å². The van der Waals surface area contributed by atoms with Crippen molar-refractivity contribution in [1.29, 1.82) is 0 Å². The van der Waals surface area contributed by atoms with Crippen molar-refractivity contribution in [3.8, 4) is 0 Å². The van der Waals surface area contributed by atoms with Gasteiger partial charge in [0, 0.05) is 24.4 Å². The number of aliphatic hydroxyl groups excluding tert-OH is 1. The predicted molar refractivity (Wildman–Crippen MR) is 142 cm³/mol. The van der Waals surface area contributed by atoms with Crippen molar-refractivity contribution in [2.24, 2.45) is 17.6 Å².